The summed E-state index contributed by atoms with van der Waals surface area (Å²) in [6, 6.07) is 21.6. The number of fused-ring (bicyclic) bond motifs is 1. The smallest absolute Gasteiger partial charge is 0.272 e. The fourth-order valence-electron chi connectivity index (χ4n) is 3.94. The minimum Gasteiger partial charge on any atom is -0.486 e. The molecule has 1 aliphatic heterocycles. The molecule has 1 aliphatic rings. The Morgan fingerprint density at radius 2 is 1.90 bits per heavy atom. The van der Waals surface area contributed by atoms with Crippen LogP contribution in [0.3, 0.4) is 0 Å². The molecule has 0 aliphatic carbocycles. The van der Waals surface area contributed by atoms with Crippen molar-refractivity contribution in [2.24, 2.45) is 7.05 Å². The van der Waals surface area contributed by atoms with Gasteiger partial charge in [-0.15, -0.1) is 0 Å². The average molecular weight is 398 g/mol. The van der Waals surface area contributed by atoms with Gasteiger partial charge in [-0.25, -0.2) is 0 Å². The molecule has 2 aromatic heterocycles. The van der Waals surface area contributed by atoms with E-state index in [2.05, 4.69) is 10.1 Å². The minimum atomic E-state index is -0.0524. The Bertz CT molecular complexity index is 1200. The Hall–Kier alpha value is -3.67. The Labute approximate surface area is 174 Å². The lowest BCUT2D eigenvalue weighted by atomic mass is 10.1. The molecule has 6 heteroatoms. The molecule has 6 nitrogen and oxygen atoms in total. The SMILES string of the molecule is Cn1nc(-c2ccccc2)cc1C(=O)N1CCC(Oc2cccc3cccnc23)C1. The molecule has 0 bridgehead atoms. The summed E-state index contributed by atoms with van der Waals surface area (Å²) in [5.74, 6) is 0.744. The number of nitrogens with zero attached hydrogens (tertiary/aromatic N) is 4. The summed E-state index contributed by atoms with van der Waals surface area (Å²) in [4.78, 5) is 19.4. The normalized spacial score (nSPS) is 16.2. The molecular weight excluding hydrogens is 376 g/mol. The van der Waals surface area contributed by atoms with Crippen molar-refractivity contribution in [3.8, 4) is 17.0 Å². The Balaban J connectivity index is 1.31. The van der Waals surface area contributed by atoms with Crippen molar-refractivity contribution in [2.45, 2.75) is 12.5 Å². The third-order valence-corrected chi connectivity index (χ3v) is 5.49. The van der Waals surface area contributed by atoms with Crippen LogP contribution >= 0.6 is 0 Å². The zero-order chi connectivity index (χ0) is 20.5. The first-order valence-corrected chi connectivity index (χ1v) is 10.1. The van der Waals surface area contributed by atoms with Crippen LogP contribution in [0.15, 0.2) is 72.9 Å². The number of carbonyl (C=O) groups is 1. The quantitative estimate of drug-likeness (QED) is 0.523. The predicted octanol–water partition coefficient (Wildman–Crippen LogP) is 3.93. The number of para-hydroxylation sites is 1. The average Bonchev–Trinajstić information content (AvgIpc) is 3.41. The van der Waals surface area contributed by atoms with Gasteiger partial charge in [0.2, 0.25) is 0 Å². The zero-order valence-electron chi connectivity index (χ0n) is 16.7. The van der Waals surface area contributed by atoms with Gasteiger partial charge in [-0.1, -0.05) is 48.5 Å². The van der Waals surface area contributed by atoms with Crippen molar-refractivity contribution in [3.63, 3.8) is 0 Å². The second kappa shape index (κ2) is 7.63. The zero-order valence-corrected chi connectivity index (χ0v) is 16.7. The van der Waals surface area contributed by atoms with Crippen LogP contribution in [-0.4, -0.2) is 44.8 Å². The molecule has 150 valence electrons. The number of carbonyl (C=O) groups excluding carboxylic acids is 1. The first kappa shape index (κ1) is 18.4. The lowest BCUT2D eigenvalue weighted by molar-refractivity contribution is 0.0762. The van der Waals surface area contributed by atoms with Crippen LogP contribution in [0, 0.1) is 0 Å². The molecule has 1 unspecified atom stereocenters. The van der Waals surface area contributed by atoms with E-state index in [4.69, 9.17) is 4.74 Å². The van der Waals surface area contributed by atoms with Crippen LogP contribution in [0.5, 0.6) is 5.75 Å². The molecule has 1 atom stereocenters. The summed E-state index contributed by atoms with van der Waals surface area (Å²) < 4.78 is 7.89. The molecular formula is C24H22N4O2. The number of hydrogen-bond acceptors (Lipinski definition) is 4. The van der Waals surface area contributed by atoms with Crippen LogP contribution in [0.4, 0.5) is 0 Å². The number of ether oxygens (including phenoxy) is 1. The maximum absolute atomic E-state index is 13.1. The molecule has 0 radical (unpaired) electrons. The first-order valence-electron chi connectivity index (χ1n) is 10.1. The van der Waals surface area contributed by atoms with Gasteiger partial charge in [-0.05, 0) is 18.2 Å². The monoisotopic (exact) mass is 398 g/mol. The van der Waals surface area contributed by atoms with Crippen molar-refractivity contribution < 1.29 is 9.53 Å². The minimum absolute atomic E-state index is 0.0191. The number of likely N-dealkylation sites (tertiary alicyclic amines) is 1. The molecule has 5 rings (SSSR count). The predicted molar refractivity (Wildman–Crippen MR) is 115 cm³/mol. The standard InChI is InChI=1S/C24H22N4O2/c1-27-21(15-20(26-27)17-7-3-2-4-8-17)24(29)28-14-12-19(16-28)30-22-11-5-9-18-10-6-13-25-23(18)22/h2-11,13,15,19H,12,14,16H2,1H3. The largest absolute Gasteiger partial charge is 0.486 e. The van der Waals surface area contributed by atoms with Crippen LogP contribution in [0.2, 0.25) is 0 Å². The highest BCUT2D eigenvalue weighted by atomic mass is 16.5. The number of amides is 1. The van der Waals surface area contributed by atoms with Gasteiger partial charge in [-0.2, -0.15) is 5.10 Å². The second-order valence-corrected chi connectivity index (χ2v) is 7.52. The van der Waals surface area contributed by atoms with Gasteiger partial charge >= 0.3 is 0 Å². The van der Waals surface area contributed by atoms with Gasteiger partial charge in [0, 0.05) is 37.2 Å². The van der Waals surface area contributed by atoms with E-state index in [0.717, 1.165) is 34.3 Å². The van der Waals surface area contributed by atoms with E-state index in [1.54, 1.807) is 10.9 Å². The van der Waals surface area contributed by atoms with Crippen molar-refractivity contribution in [1.29, 1.82) is 0 Å². The fourth-order valence-corrected chi connectivity index (χ4v) is 3.94. The van der Waals surface area contributed by atoms with Crippen molar-refractivity contribution in [3.05, 3.63) is 78.6 Å². The first-order chi connectivity index (χ1) is 14.7. The van der Waals surface area contributed by atoms with E-state index in [0.29, 0.717) is 18.8 Å². The fraction of sp³-hybridized carbons (Fsp3) is 0.208. The van der Waals surface area contributed by atoms with Crippen LogP contribution < -0.4 is 4.74 Å². The summed E-state index contributed by atoms with van der Waals surface area (Å²) >= 11 is 0. The third kappa shape index (κ3) is 3.41. The van der Waals surface area contributed by atoms with Crippen molar-refractivity contribution in [2.75, 3.05) is 13.1 Å². The molecule has 1 saturated heterocycles. The van der Waals surface area contributed by atoms with Crippen molar-refractivity contribution in [1.82, 2.24) is 19.7 Å². The summed E-state index contributed by atoms with van der Waals surface area (Å²) in [6.45, 7) is 1.21. The molecule has 0 N–H and O–H groups in total. The molecule has 30 heavy (non-hydrogen) atoms. The van der Waals surface area contributed by atoms with E-state index in [1.165, 1.54) is 0 Å². The Morgan fingerprint density at radius 3 is 2.77 bits per heavy atom. The lowest BCUT2D eigenvalue weighted by Crippen LogP contribution is -2.32. The van der Waals surface area contributed by atoms with E-state index in [1.807, 2.05) is 78.7 Å². The second-order valence-electron chi connectivity index (χ2n) is 7.52. The van der Waals surface area contributed by atoms with E-state index in [-0.39, 0.29) is 12.0 Å². The van der Waals surface area contributed by atoms with E-state index < -0.39 is 0 Å². The molecule has 0 saturated carbocycles. The number of aromatic nitrogens is 3. The van der Waals surface area contributed by atoms with Gasteiger partial charge in [-0.3, -0.25) is 14.5 Å². The number of rotatable bonds is 4. The molecule has 3 heterocycles. The maximum Gasteiger partial charge on any atom is 0.272 e. The summed E-state index contributed by atoms with van der Waals surface area (Å²) in [5.41, 5.74) is 3.23. The van der Waals surface area contributed by atoms with Crippen LogP contribution in [0.25, 0.3) is 22.2 Å². The van der Waals surface area contributed by atoms with Gasteiger partial charge in [0.15, 0.2) is 0 Å². The van der Waals surface area contributed by atoms with E-state index in [9.17, 15) is 4.79 Å². The molecule has 1 fully saturated rings. The topological polar surface area (TPSA) is 60.2 Å². The molecule has 2 aromatic carbocycles. The van der Waals surface area contributed by atoms with Gasteiger partial charge in [0.1, 0.15) is 23.1 Å². The number of benzene rings is 2. The van der Waals surface area contributed by atoms with Crippen LogP contribution in [0.1, 0.15) is 16.9 Å². The molecule has 0 spiro atoms. The maximum atomic E-state index is 13.1. The molecule has 1 amide bonds. The highest BCUT2D eigenvalue weighted by Gasteiger charge is 2.30. The Kier molecular flexibility index (Phi) is 4.67. The number of aryl methyl sites for hydroxylation is 1. The summed E-state index contributed by atoms with van der Waals surface area (Å²) in [6.07, 6.45) is 2.51. The Morgan fingerprint density at radius 1 is 1.07 bits per heavy atom. The van der Waals surface area contributed by atoms with Gasteiger partial charge in [0.05, 0.1) is 12.2 Å². The highest BCUT2D eigenvalue weighted by molar-refractivity contribution is 5.94. The van der Waals surface area contributed by atoms with Crippen LogP contribution in [-0.2, 0) is 7.05 Å². The van der Waals surface area contributed by atoms with Crippen molar-refractivity contribution >= 4 is 16.8 Å². The summed E-state index contributed by atoms with van der Waals surface area (Å²) in [7, 11) is 1.81. The van der Waals surface area contributed by atoms with E-state index >= 15 is 0 Å². The van der Waals surface area contributed by atoms with Gasteiger partial charge in [0.25, 0.3) is 5.91 Å². The summed E-state index contributed by atoms with van der Waals surface area (Å²) in [5, 5.41) is 5.57. The lowest BCUT2D eigenvalue weighted by Gasteiger charge is -2.17. The highest BCUT2D eigenvalue weighted by Crippen LogP contribution is 2.27. The number of hydrogen-bond donors (Lipinski definition) is 0. The number of pyridine rings is 1. The third-order valence-electron chi connectivity index (χ3n) is 5.49. The van der Waals surface area contributed by atoms with Gasteiger partial charge < -0.3 is 9.64 Å². The molecule has 4 aromatic rings.